The Kier molecular flexibility index (Phi) is 10.7. The van der Waals surface area contributed by atoms with Crippen LogP contribution in [-0.4, -0.2) is 138 Å². The van der Waals surface area contributed by atoms with Crippen molar-refractivity contribution in [3.8, 4) is 5.75 Å². The number of hydrogen-bond donors (Lipinski definition) is 1. The van der Waals surface area contributed by atoms with E-state index in [0.717, 1.165) is 77.2 Å². The van der Waals surface area contributed by atoms with Crippen LogP contribution in [0.1, 0.15) is 78.3 Å². The van der Waals surface area contributed by atoms with Crippen LogP contribution in [0.5, 0.6) is 5.75 Å². The molecule has 0 bridgehead atoms. The molecule has 2 saturated heterocycles. The van der Waals surface area contributed by atoms with Gasteiger partial charge in [-0.3, -0.25) is 4.98 Å². The number of aliphatic imine (C=N–C) groups is 2. The maximum absolute atomic E-state index is 10.0. The molecule has 2 aliphatic heterocycles. The fraction of sp³-hybridized carbons (Fsp3) is 0.531. The molecule has 0 radical (unpaired) electrons. The largest absolute Gasteiger partial charge is 0.490 e. The van der Waals surface area contributed by atoms with E-state index < -0.39 is 11.6 Å². The van der Waals surface area contributed by atoms with Crippen molar-refractivity contribution in [3.63, 3.8) is 0 Å². The Bertz CT molecular complexity index is 2900. The maximum atomic E-state index is 10.0. The average Bonchev–Trinajstić information content (AvgIpc) is 4.10. The summed E-state index contributed by atoms with van der Waals surface area (Å²) in [6.45, 7) is 7.94. The number of ether oxygens (including phenoxy) is 5. The number of fused-ring (bicyclic) bond motifs is 7. The number of aromatic nitrogens is 7. The molecule has 0 unspecified atom stereocenters. The van der Waals surface area contributed by atoms with Gasteiger partial charge in [0, 0.05) is 69.1 Å². The Hall–Kier alpha value is -5.30. The van der Waals surface area contributed by atoms with Crippen LogP contribution in [0.2, 0.25) is 5.02 Å². The summed E-state index contributed by atoms with van der Waals surface area (Å²) in [6, 6.07) is 12.2. The van der Waals surface area contributed by atoms with Crippen LogP contribution in [0.3, 0.4) is 0 Å². The summed E-state index contributed by atoms with van der Waals surface area (Å²) < 4.78 is 36.5. The third-order valence-electron chi connectivity index (χ3n) is 14.4. The lowest BCUT2D eigenvalue weighted by atomic mass is 9.64. The van der Waals surface area contributed by atoms with E-state index in [0.29, 0.717) is 16.7 Å². The SMILES string of the molecule is CN(C)C=Nc1ncnc2c1ccn2[C@@H]1CC2(CC(O)C2)[C@H]2OC(C)(C)O[C@@H]12.CN(C)C=Nc1ncnc2c1ccn2[C@@H]1CC2(CC(Oc3ccc4cc(Cl)cnc4c3)C2)[C@H]2OC(C)(C)O[C@@H]12. The van der Waals surface area contributed by atoms with Gasteiger partial charge in [-0.2, -0.15) is 0 Å². The zero-order valence-corrected chi connectivity index (χ0v) is 39.9. The molecule has 0 amide bonds. The molecule has 17 nitrogen and oxygen atoms in total. The number of halogens is 1. The number of pyridine rings is 1. The molecule has 7 heterocycles. The number of aliphatic hydroxyl groups is 1. The van der Waals surface area contributed by atoms with E-state index in [4.69, 9.17) is 35.3 Å². The van der Waals surface area contributed by atoms with Crippen molar-refractivity contribution in [2.45, 2.75) is 127 Å². The van der Waals surface area contributed by atoms with Crippen LogP contribution in [0.4, 0.5) is 11.6 Å². The Morgan fingerprint density at radius 3 is 1.72 bits per heavy atom. The predicted octanol–water partition coefficient (Wildman–Crippen LogP) is 7.81. The van der Waals surface area contributed by atoms with E-state index in [9.17, 15) is 5.11 Å². The van der Waals surface area contributed by atoms with E-state index in [1.165, 1.54) is 0 Å². The van der Waals surface area contributed by atoms with Gasteiger partial charge in [0.05, 0.1) is 70.5 Å². The highest BCUT2D eigenvalue weighted by molar-refractivity contribution is 6.31. The van der Waals surface area contributed by atoms with Gasteiger partial charge in [0.1, 0.15) is 41.9 Å². The van der Waals surface area contributed by atoms with Crippen LogP contribution < -0.4 is 4.74 Å². The monoisotopic (exact) mass is 931 g/mol. The number of benzene rings is 1. The van der Waals surface area contributed by atoms with Gasteiger partial charge in [-0.15, -0.1) is 0 Å². The van der Waals surface area contributed by atoms with Crippen LogP contribution >= 0.6 is 11.6 Å². The number of aliphatic hydroxyl groups excluding tert-OH is 1. The summed E-state index contributed by atoms with van der Waals surface area (Å²) in [5.74, 6) is 0.888. The van der Waals surface area contributed by atoms with Crippen molar-refractivity contribution in [2.75, 3.05) is 28.2 Å². The molecule has 5 aromatic heterocycles. The summed E-state index contributed by atoms with van der Waals surface area (Å²) >= 11 is 6.09. The van der Waals surface area contributed by atoms with E-state index in [-0.39, 0.29) is 59.5 Å². The zero-order valence-electron chi connectivity index (χ0n) is 39.2. The second kappa shape index (κ2) is 16.2. The molecule has 352 valence electrons. The lowest BCUT2D eigenvalue weighted by Gasteiger charge is -2.48. The fourth-order valence-electron chi connectivity index (χ4n) is 11.8. The molecule has 12 rings (SSSR count). The first kappa shape index (κ1) is 44.2. The summed E-state index contributed by atoms with van der Waals surface area (Å²) in [5, 5.41) is 13.5. The quantitative estimate of drug-likeness (QED) is 0.116. The molecule has 6 aliphatic rings. The average molecular weight is 933 g/mol. The van der Waals surface area contributed by atoms with Crippen LogP contribution in [0.25, 0.3) is 33.0 Å². The van der Waals surface area contributed by atoms with Crippen LogP contribution in [-0.2, 0) is 18.9 Å². The summed E-state index contributed by atoms with van der Waals surface area (Å²) in [6.07, 6.45) is 17.4. The second-order valence-electron chi connectivity index (χ2n) is 20.8. The first-order valence-corrected chi connectivity index (χ1v) is 23.5. The Balaban J connectivity index is 0.000000156. The fourth-order valence-corrected chi connectivity index (χ4v) is 12.0. The van der Waals surface area contributed by atoms with Crippen molar-refractivity contribution >= 4 is 68.9 Å². The topological polar surface area (TPSA) is 172 Å². The minimum atomic E-state index is -0.642. The molecule has 4 saturated carbocycles. The smallest absolute Gasteiger partial charge is 0.166 e. The number of hydrogen-bond acceptors (Lipinski definition) is 13. The molecule has 1 N–H and O–H groups in total. The molecule has 67 heavy (non-hydrogen) atoms. The van der Waals surface area contributed by atoms with Gasteiger partial charge in [-0.05, 0) is 96.6 Å². The van der Waals surface area contributed by atoms with Gasteiger partial charge >= 0.3 is 0 Å². The minimum Gasteiger partial charge on any atom is -0.490 e. The standard InChI is InChI=1S/C29H31ClN6O3.C20H27N5O3/c1-28(2)38-24-23(36-8-7-21-26(34-16-35(3)4)32-15-33-27(21)36)13-29(25(24)39-28)11-20(12-29)37-19-6-5-17-9-18(30)14-31-22(17)10-19;1-19(2)27-15-14(9-20(16(15)28-19)7-12(26)8-20)25-6-5-13-17(23-11-24(3)4)21-10-22-18(13)25/h5-10,14-16,20,23-25H,11-13H2,1-4H3;5-6,10-12,14-16,26H,7-9H2,1-4H3/t20?,23-,24+,25+,29?;12?,14-,15+,16+,20?/m11/s1. The molecular weight excluding hydrogens is 874 g/mol. The molecule has 4 aliphatic carbocycles. The first-order valence-electron chi connectivity index (χ1n) is 23.1. The molecule has 2 spiro atoms. The van der Waals surface area contributed by atoms with Crippen molar-refractivity contribution in [1.82, 2.24) is 43.9 Å². The number of rotatable bonds is 8. The molecule has 1 aromatic carbocycles. The molecule has 18 heteroatoms. The van der Waals surface area contributed by atoms with E-state index in [2.05, 4.69) is 56.4 Å². The summed E-state index contributed by atoms with van der Waals surface area (Å²) in [7, 11) is 7.73. The molecule has 6 fully saturated rings. The van der Waals surface area contributed by atoms with Gasteiger partial charge < -0.3 is 47.7 Å². The van der Waals surface area contributed by atoms with Crippen molar-refractivity contribution in [3.05, 3.63) is 72.7 Å². The molecule has 6 aromatic rings. The van der Waals surface area contributed by atoms with Crippen LogP contribution in [0, 0.1) is 10.8 Å². The second-order valence-corrected chi connectivity index (χ2v) is 21.2. The normalized spacial score (nSPS) is 32.3. The predicted molar refractivity (Wildman–Crippen MR) is 254 cm³/mol. The van der Waals surface area contributed by atoms with E-state index in [1.54, 1.807) is 31.5 Å². The molecular formula is C49H58ClN11O6. The Morgan fingerprint density at radius 1 is 0.687 bits per heavy atom. The zero-order chi connectivity index (χ0) is 46.6. The maximum Gasteiger partial charge on any atom is 0.166 e. The van der Waals surface area contributed by atoms with Crippen molar-refractivity contribution in [2.24, 2.45) is 20.8 Å². The third kappa shape index (κ3) is 7.90. The van der Waals surface area contributed by atoms with Gasteiger partial charge in [0.25, 0.3) is 0 Å². The first-order chi connectivity index (χ1) is 32.0. The van der Waals surface area contributed by atoms with Gasteiger partial charge in [0.2, 0.25) is 0 Å². The number of nitrogens with zero attached hydrogens (tertiary/aromatic N) is 11. The third-order valence-corrected chi connectivity index (χ3v) is 14.7. The highest BCUT2D eigenvalue weighted by Gasteiger charge is 2.67. The van der Waals surface area contributed by atoms with E-state index >= 15 is 0 Å². The summed E-state index contributed by atoms with van der Waals surface area (Å²) in [5.41, 5.74) is 2.55. The highest BCUT2D eigenvalue weighted by Crippen LogP contribution is 2.64. The van der Waals surface area contributed by atoms with E-state index in [1.807, 2.05) is 102 Å². The van der Waals surface area contributed by atoms with Gasteiger partial charge in [-0.1, -0.05) is 11.6 Å². The lowest BCUT2D eigenvalue weighted by molar-refractivity contribution is -0.187. The van der Waals surface area contributed by atoms with Crippen molar-refractivity contribution in [1.29, 1.82) is 0 Å². The Labute approximate surface area is 394 Å². The highest BCUT2D eigenvalue weighted by atomic mass is 35.5. The summed E-state index contributed by atoms with van der Waals surface area (Å²) in [4.78, 5) is 35.2. The molecule has 6 atom stereocenters. The lowest BCUT2D eigenvalue weighted by Crippen LogP contribution is -2.50. The van der Waals surface area contributed by atoms with Crippen molar-refractivity contribution < 1.29 is 28.8 Å². The van der Waals surface area contributed by atoms with Gasteiger partial charge in [-0.25, -0.2) is 29.9 Å². The van der Waals surface area contributed by atoms with Gasteiger partial charge in [0.15, 0.2) is 23.2 Å². The minimum absolute atomic E-state index is 0.00131. The Morgan fingerprint density at radius 2 is 1.21 bits per heavy atom. The van der Waals surface area contributed by atoms with Crippen LogP contribution in [0.15, 0.2) is 77.6 Å².